The van der Waals surface area contributed by atoms with Crippen LogP contribution in [0, 0.1) is 5.82 Å². The normalized spacial score (nSPS) is 20.1. The van der Waals surface area contributed by atoms with Crippen LogP contribution in [0.3, 0.4) is 0 Å². The third-order valence-electron chi connectivity index (χ3n) is 3.98. The monoisotopic (exact) mass is 297 g/mol. The van der Waals surface area contributed by atoms with Crippen LogP contribution in [0.5, 0.6) is 0 Å². The predicted octanol–water partition coefficient (Wildman–Crippen LogP) is 2.23. The van der Waals surface area contributed by atoms with Crippen molar-refractivity contribution in [3.8, 4) is 0 Å². The summed E-state index contributed by atoms with van der Waals surface area (Å²) in [5.41, 5.74) is -0.214. The van der Waals surface area contributed by atoms with Gasteiger partial charge in [-0.25, -0.2) is 13.6 Å². The van der Waals surface area contributed by atoms with Gasteiger partial charge < -0.3 is 15.2 Å². The Bertz CT molecular complexity index is 568. The molecule has 1 saturated carbocycles. The second kappa shape index (κ2) is 5.35. The molecule has 1 aromatic rings. The minimum Gasteiger partial charge on any atom is -0.478 e. The molecule has 0 radical (unpaired) electrons. The average Bonchev–Trinajstić information content (AvgIpc) is 3.20. The third-order valence-corrected chi connectivity index (χ3v) is 3.98. The molecule has 1 aliphatic heterocycles. The van der Waals surface area contributed by atoms with Gasteiger partial charge in [-0.1, -0.05) is 0 Å². The van der Waals surface area contributed by atoms with Crippen molar-refractivity contribution >= 4 is 5.97 Å². The fourth-order valence-electron chi connectivity index (χ4n) is 2.54. The van der Waals surface area contributed by atoms with E-state index in [1.54, 1.807) is 0 Å². The molecule has 1 aliphatic carbocycles. The minimum absolute atomic E-state index is 0.0353. The number of halogens is 2. The Labute approximate surface area is 121 Å². The first-order valence-electron chi connectivity index (χ1n) is 7.01. The van der Waals surface area contributed by atoms with Crippen LogP contribution in [0.1, 0.15) is 40.2 Å². The van der Waals surface area contributed by atoms with Gasteiger partial charge in [0.2, 0.25) is 0 Å². The smallest absolute Gasteiger partial charge is 0.338 e. The van der Waals surface area contributed by atoms with Crippen molar-refractivity contribution in [2.45, 2.75) is 31.0 Å². The van der Waals surface area contributed by atoms with Crippen molar-refractivity contribution in [2.75, 3.05) is 19.7 Å². The second-order valence-electron chi connectivity index (χ2n) is 5.86. The van der Waals surface area contributed by atoms with Crippen LogP contribution < -0.4 is 5.32 Å². The van der Waals surface area contributed by atoms with Gasteiger partial charge in [0.05, 0.1) is 18.8 Å². The largest absolute Gasteiger partial charge is 0.478 e. The summed E-state index contributed by atoms with van der Waals surface area (Å²) < 4.78 is 32.9. The maximum atomic E-state index is 13.8. The van der Waals surface area contributed by atoms with Crippen LogP contribution in [-0.4, -0.2) is 36.4 Å². The molecule has 6 heteroatoms. The van der Waals surface area contributed by atoms with E-state index in [2.05, 4.69) is 5.32 Å². The topological polar surface area (TPSA) is 58.6 Å². The molecular formula is C15H17F2NO3. The quantitative estimate of drug-likeness (QED) is 0.845. The van der Waals surface area contributed by atoms with Gasteiger partial charge >= 0.3 is 5.97 Å². The molecule has 1 heterocycles. The molecular weight excluding hydrogens is 280 g/mol. The maximum Gasteiger partial charge on any atom is 0.338 e. The summed E-state index contributed by atoms with van der Waals surface area (Å²) in [7, 11) is 0. The van der Waals surface area contributed by atoms with E-state index in [-0.39, 0.29) is 37.8 Å². The molecule has 21 heavy (non-hydrogen) atoms. The van der Waals surface area contributed by atoms with E-state index in [0.29, 0.717) is 5.56 Å². The summed E-state index contributed by atoms with van der Waals surface area (Å²) in [4.78, 5) is 11.0. The van der Waals surface area contributed by atoms with Crippen molar-refractivity contribution in [1.29, 1.82) is 0 Å². The van der Waals surface area contributed by atoms with Gasteiger partial charge in [-0.05, 0) is 42.0 Å². The van der Waals surface area contributed by atoms with Gasteiger partial charge in [0, 0.05) is 13.1 Å². The van der Waals surface area contributed by atoms with Crippen LogP contribution in [0.2, 0.25) is 0 Å². The standard InChI is InChI=1S/C15H17F2NO3/c16-13-3-10(5-21-8-15(17)6-18-7-15)11(9-1-2-9)4-12(13)14(19)20/h3-4,9,18H,1-2,5-8H2,(H,19,20). The highest BCUT2D eigenvalue weighted by molar-refractivity contribution is 5.88. The Morgan fingerprint density at radius 3 is 2.67 bits per heavy atom. The number of aromatic carboxylic acids is 1. The van der Waals surface area contributed by atoms with Gasteiger partial charge in [0.1, 0.15) is 5.82 Å². The molecule has 1 saturated heterocycles. The number of nitrogens with one attached hydrogen (secondary N) is 1. The Morgan fingerprint density at radius 1 is 1.43 bits per heavy atom. The Morgan fingerprint density at radius 2 is 2.14 bits per heavy atom. The van der Waals surface area contributed by atoms with Gasteiger partial charge in [-0.3, -0.25) is 0 Å². The molecule has 3 rings (SSSR count). The molecule has 0 unspecified atom stereocenters. The number of benzene rings is 1. The van der Waals surface area contributed by atoms with Crippen molar-refractivity contribution in [2.24, 2.45) is 0 Å². The molecule has 0 amide bonds. The SMILES string of the molecule is O=C(O)c1cc(C2CC2)c(COCC2(F)CNC2)cc1F. The van der Waals surface area contributed by atoms with Gasteiger partial charge in [-0.2, -0.15) is 0 Å². The number of carboxylic acids is 1. The van der Waals surface area contributed by atoms with Crippen molar-refractivity contribution in [3.63, 3.8) is 0 Å². The zero-order valence-corrected chi connectivity index (χ0v) is 11.5. The Kier molecular flexibility index (Phi) is 3.67. The third kappa shape index (κ3) is 3.06. The van der Waals surface area contributed by atoms with Crippen LogP contribution in [0.15, 0.2) is 12.1 Å². The molecule has 0 bridgehead atoms. The van der Waals surface area contributed by atoms with Gasteiger partial charge in [0.15, 0.2) is 5.67 Å². The fraction of sp³-hybridized carbons (Fsp3) is 0.533. The predicted molar refractivity (Wildman–Crippen MR) is 71.7 cm³/mol. The molecule has 0 aromatic heterocycles. The zero-order chi connectivity index (χ0) is 15.0. The van der Waals surface area contributed by atoms with Crippen LogP contribution in [0.4, 0.5) is 8.78 Å². The molecule has 4 nitrogen and oxygen atoms in total. The summed E-state index contributed by atoms with van der Waals surface area (Å²) in [5, 5.41) is 11.8. The van der Waals surface area contributed by atoms with E-state index in [0.717, 1.165) is 18.4 Å². The maximum absolute atomic E-state index is 13.8. The van der Waals surface area contributed by atoms with E-state index in [4.69, 9.17) is 9.84 Å². The summed E-state index contributed by atoms with van der Waals surface area (Å²) >= 11 is 0. The molecule has 0 spiro atoms. The van der Waals surface area contributed by atoms with Crippen LogP contribution >= 0.6 is 0 Å². The lowest BCUT2D eigenvalue weighted by Gasteiger charge is -2.34. The number of carbonyl (C=O) groups is 1. The average molecular weight is 297 g/mol. The molecule has 1 aromatic carbocycles. The number of alkyl halides is 1. The van der Waals surface area contributed by atoms with E-state index in [9.17, 15) is 13.6 Å². The molecule has 2 N–H and O–H groups in total. The lowest BCUT2D eigenvalue weighted by molar-refractivity contribution is -0.0238. The summed E-state index contributed by atoms with van der Waals surface area (Å²) in [6.45, 7) is 0.615. The summed E-state index contributed by atoms with van der Waals surface area (Å²) in [6.07, 6.45) is 1.93. The highest BCUT2D eigenvalue weighted by Gasteiger charge is 2.37. The van der Waals surface area contributed by atoms with E-state index >= 15 is 0 Å². The first-order chi connectivity index (χ1) is 9.98. The van der Waals surface area contributed by atoms with Gasteiger partial charge in [0.25, 0.3) is 0 Å². The number of rotatable bonds is 6. The fourth-order valence-corrected chi connectivity index (χ4v) is 2.54. The van der Waals surface area contributed by atoms with E-state index in [1.807, 2.05) is 0 Å². The van der Waals surface area contributed by atoms with Gasteiger partial charge in [-0.15, -0.1) is 0 Å². The first-order valence-corrected chi connectivity index (χ1v) is 7.01. The van der Waals surface area contributed by atoms with E-state index < -0.39 is 17.5 Å². The highest BCUT2D eigenvalue weighted by atomic mass is 19.1. The molecule has 0 atom stereocenters. The summed E-state index contributed by atoms with van der Waals surface area (Å²) in [5.74, 6) is -1.78. The number of hydrogen-bond donors (Lipinski definition) is 2. The summed E-state index contributed by atoms with van der Waals surface area (Å²) in [6, 6.07) is 2.60. The van der Waals surface area contributed by atoms with Crippen molar-refractivity contribution < 1.29 is 23.4 Å². The molecule has 2 aliphatic rings. The van der Waals surface area contributed by atoms with Crippen molar-refractivity contribution in [3.05, 3.63) is 34.6 Å². The molecule has 114 valence electrons. The number of ether oxygens (including phenoxy) is 1. The zero-order valence-electron chi connectivity index (χ0n) is 11.5. The highest BCUT2D eigenvalue weighted by Crippen LogP contribution is 2.42. The van der Waals surface area contributed by atoms with Crippen LogP contribution in [-0.2, 0) is 11.3 Å². The second-order valence-corrected chi connectivity index (χ2v) is 5.86. The number of hydrogen-bond acceptors (Lipinski definition) is 3. The lowest BCUT2D eigenvalue weighted by Crippen LogP contribution is -2.58. The lowest BCUT2D eigenvalue weighted by atomic mass is 9.99. The van der Waals surface area contributed by atoms with Crippen LogP contribution in [0.25, 0.3) is 0 Å². The van der Waals surface area contributed by atoms with Crippen molar-refractivity contribution in [1.82, 2.24) is 5.32 Å². The Balaban J connectivity index is 1.74. The molecule has 2 fully saturated rings. The first kappa shape index (κ1) is 14.4. The Hall–Kier alpha value is -1.53. The number of carboxylic acid groups (broad SMARTS) is 1. The van der Waals surface area contributed by atoms with E-state index in [1.165, 1.54) is 12.1 Å². The minimum atomic E-state index is -1.33.